The summed E-state index contributed by atoms with van der Waals surface area (Å²) in [5, 5.41) is 8.89. The number of carbonyl (C=O) groups is 1. The van der Waals surface area contributed by atoms with Crippen molar-refractivity contribution in [3.05, 3.63) is 35.1 Å². The Morgan fingerprint density at radius 2 is 2.33 bits per heavy atom. The van der Waals surface area contributed by atoms with Crippen LogP contribution in [0.2, 0.25) is 0 Å². The second-order valence-electron chi connectivity index (χ2n) is 5.29. The Bertz CT molecular complexity index is 554. The van der Waals surface area contributed by atoms with E-state index in [4.69, 9.17) is 10.00 Å². The van der Waals surface area contributed by atoms with Gasteiger partial charge in [0.05, 0.1) is 19.1 Å². The predicted molar refractivity (Wildman–Crippen MR) is 75.8 cm³/mol. The first-order valence-corrected chi connectivity index (χ1v) is 7.14. The molecule has 1 heterocycles. The molecule has 1 fully saturated rings. The summed E-state index contributed by atoms with van der Waals surface area (Å²) in [6.45, 7) is 1.25. The normalized spacial score (nSPS) is 19.0. The summed E-state index contributed by atoms with van der Waals surface area (Å²) in [5.74, 6) is -0.694. The van der Waals surface area contributed by atoms with Gasteiger partial charge in [0.1, 0.15) is 11.9 Å². The number of ether oxygens (including phenoxy) is 1. The molecule has 0 spiro atoms. The SMILES string of the molecule is COC(=O)CC1CCCCN1Cc1cccc(C#N)c1F. The van der Waals surface area contributed by atoms with Crippen LogP contribution in [0.4, 0.5) is 4.39 Å². The lowest BCUT2D eigenvalue weighted by Crippen LogP contribution is -2.40. The number of hydrogen-bond donors (Lipinski definition) is 0. The van der Waals surface area contributed by atoms with Crippen molar-refractivity contribution in [3.63, 3.8) is 0 Å². The lowest BCUT2D eigenvalue weighted by atomic mass is 9.98. The maximum atomic E-state index is 14.1. The fourth-order valence-electron chi connectivity index (χ4n) is 2.78. The van der Waals surface area contributed by atoms with Crippen molar-refractivity contribution in [2.24, 2.45) is 0 Å². The summed E-state index contributed by atoms with van der Waals surface area (Å²) in [6.07, 6.45) is 3.35. The highest BCUT2D eigenvalue weighted by molar-refractivity contribution is 5.69. The third-order valence-corrected chi connectivity index (χ3v) is 3.95. The van der Waals surface area contributed by atoms with Gasteiger partial charge in [-0.05, 0) is 25.5 Å². The summed E-state index contributed by atoms with van der Waals surface area (Å²) < 4.78 is 18.9. The lowest BCUT2D eigenvalue weighted by molar-refractivity contribution is -0.142. The fourth-order valence-corrected chi connectivity index (χ4v) is 2.78. The number of nitriles is 1. The number of benzene rings is 1. The smallest absolute Gasteiger partial charge is 0.307 e. The molecular weight excluding hydrogens is 271 g/mol. The van der Waals surface area contributed by atoms with E-state index >= 15 is 0 Å². The predicted octanol–water partition coefficient (Wildman–Crippen LogP) is 2.61. The van der Waals surface area contributed by atoms with Gasteiger partial charge in [-0.3, -0.25) is 9.69 Å². The molecule has 1 unspecified atom stereocenters. The molecule has 1 saturated heterocycles. The topological polar surface area (TPSA) is 53.3 Å². The summed E-state index contributed by atoms with van der Waals surface area (Å²) >= 11 is 0. The number of hydrogen-bond acceptors (Lipinski definition) is 4. The highest BCUT2D eigenvalue weighted by Gasteiger charge is 2.26. The van der Waals surface area contributed by atoms with Gasteiger partial charge in [-0.1, -0.05) is 18.6 Å². The van der Waals surface area contributed by atoms with Crippen molar-refractivity contribution >= 4 is 5.97 Å². The Kier molecular flexibility index (Phi) is 5.29. The van der Waals surface area contributed by atoms with Crippen molar-refractivity contribution in [3.8, 4) is 6.07 Å². The van der Waals surface area contributed by atoms with Gasteiger partial charge in [-0.15, -0.1) is 0 Å². The highest BCUT2D eigenvalue weighted by atomic mass is 19.1. The quantitative estimate of drug-likeness (QED) is 0.800. The second-order valence-corrected chi connectivity index (χ2v) is 5.29. The molecule has 1 aromatic carbocycles. The van der Waals surface area contributed by atoms with Crippen LogP contribution >= 0.6 is 0 Å². The summed E-state index contributed by atoms with van der Waals surface area (Å²) in [7, 11) is 1.38. The Labute approximate surface area is 124 Å². The largest absolute Gasteiger partial charge is 0.469 e. The zero-order valence-electron chi connectivity index (χ0n) is 12.1. The molecule has 21 heavy (non-hydrogen) atoms. The van der Waals surface area contributed by atoms with Crippen LogP contribution in [0.25, 0.3) is 0 Å². The van der Waals surface area contributed by atoms with E-state index in [9.17, 15) is 9.18 Å². The second kappa shape index (κ2) is 7.19. The molecule has 0 amide bonds. The first-order valence-electron chi connectivity index (χ1n) is 7.14. The number of rotatable bonds is 4. The van der Waals surface area contributed by atoms with E-state index in [2.05, 4.69) is 4.90 Å². The molecule has 112 valence electrons. The molecule has 5 heteroatoms. The zero-order chi connectivity index (χ0) is 15.2. The number of methoxy groups -OCH3 is 1. The molecule has 2 rings (SSSR count). The first-order chi connectivity index (χ1) is 10.2. The third-order valence-electron chi connectivity index (χ3n) is 3.95. The van der Waals surface area contributed by atoms with E-state index in [1.165, 1.54) is 13.2 Å². The molecule has 0 saturated carbocycles. The molecular formula is C16H19FN2O2. The number of esters is 1. The Balaban J connectivity index is 2.12. The minimum Gasteiger partial charge on any atom is -0.469 e. The minimum atomic E-state index is -0.456. The summed E-state index contributed by atoms with van der Waals surface area (Å²) in [6, 6.07) is 6.80. The molecule has 1 aliphatic rings. The molecule has 0 bridgehead atoms. The maximum Gasteiger partial charge on any atom is 0.307 e. The lowest BCUT2D eigenvalue weighted by Gasteiger charge is -2.35. The molecule has 0 aliphatic carbocycles. The van der Waals surface area contributed by atoms with E-state index in [0.717, 1.165) is 25.8 Å². The number of carbonyl (C=O) groups excluding carboxylic acids is 1. The maximum absolute atomic E-state index is 14.1. The number of likely N-dealkylation sites (tertiary alicyclic amines) is 1. The Hall–Kier alpha value is -1.93. The highest BCUT2D eigenvalue weighted by Crippen LogP contribution is 2.24. The zero-order valence-corrected chi connectivity index (χ0v) is 12.1. The summed E-state index contributed by atoms with van der Waals surface area (Å²) in [4.78, 5) is 13.6. The number of halogens is 1. The van der Waals surface area contributed by atoms with Crippen molar-refractivity contribution < 1.29 is 13.9 Å². The standard InChI is InChI=1S/C16H19FN2O2/c1-21-15(20)9-14-7-2-3-8-19(14)11-13-6-4-5-12(10-18)16(13)17/h4-6,14H,2-3,7-9,11H2,1H3. The van der Waals surface area contributed by atoms with Crippen LogP contribution in [-0.2, 0) is 16.1 Å². The monoisotopic (exact) mass is 290 g/mol. The van der Waals surface area contributed by atoms with Gasteiger partial charge < -0.3 is 4.74 Å². The van der Waals surface area contributed by atoms with Gasteiger partial charge in [-0.25, -0.2) is 4.39 Å². The van der Waals surface area contributed by atoms with Gasteiger partial charge in [0.25, 0.3) is 0 Å². The minimum absolute atomic E-state index is 0.0639. The van der Waals surface area contributed by atoms with Crippen molar-refractivity contribution in [1.29, 1.82) is 5.26 Å². The van der Waals surface area contributed by atoms with Gasteiger partial charge >= 0.3 is 5.97 Å². The van der Waals surface area contributed by atoms with Crippen LogP contribution in [0, 0.1) is 17.1 Å². The van der Waals surface area contributed by atoms with Gasteiger partial charge in [-0.2, -0.15) is 5.26 Å². The molecule has 0 radical (unpaired) electrons. The molecule has 1 aliphatic heterocycles. The Morgan fingerprint density at radius 3 is 3.05 bits per heavy atom. The van der Waals surface area contributed by atoms with Crippen molar-refractivity contribution in [2.45, 2.75) is 38.3 Å². The van der Waals surface area contributed by atoms with Gasteiger partial charge in [0, 0.05) is 18.2 Å². The Morgan fingerprint density at radius 1 is 1.52 bits per heavy atom. The van der Waals surface area contributed by atoms with E-state index in [1.54, 1.807) is 12.1 Å². The molecule has 1 aromatic rings. The molecule has 4 nitrogen and oxygen atoms in total. The van der Waals surface area contributed by atoms with Crippen molar-refractivity contribution in [1.82, 2.24) is 4.90 Å². The van der Waals surface area contributed by atoms with Crippen LogP contribution in [-0.4, -0.2) is 30.6 Å². The van der Waals surface area contributed by atoms with Crippen LogP contribution in [0.5, 0.6) is 0 Å². The molecule has 1 atom stereocenters. The first kappa shape index (κ1) is 15.5. The molecule has 0 N–H and O–H groups in total. The average Bonchev–Trinajstić information content (AvgIpc) is 2.51. The fraction of sp³-hybridized carbons (Fsp3) is 0.500. The van der Waals surface area contributed by atoms with Crippen LogP contribution < -0.4 is 0 Å². The van der Waals surface area contributed by atoms with Crippen LogP contribution in [0.15, 0.2) is 18.2 Å². The van der Waals surface area contributed by atoms with Crippen molar-refractivity contribution in [2.75, 3.05) is 13.7 Å². The van der Waals surface area contributed by atoms with E-state index < -0.39 is 5.82 Å². The van der Waals surface area contributed by atoms with Gasteiger partial charge in [0.2, 0.25) is 0 Å². The summed E-state index contributed by atoms with van der Waals surface area (Å²) in [5.41, 5.74) is 0.569. The van der Waals surface area contributed by atoms with Gasteiger partial charge in [0.15, 0.2) is 0 Å². The van der Waals surface area contributed by atoms with Crippen LogP contribution in [0.1, 0.15) is 36.8 Å². The van der Waals surface area contributed by atoms with E-state index in [-0.39, 0.29) is 17.6 Å². The average molecular weight is 290 g/mol. The number of piperidine rings is 1. The van der Waals surface area contributed by atoms with E-state index in [0.29, 0.717) is 18.5 Å². The van der Waals surface area contributed by atoms with Crippen LogP contribution in [0.3, 0.4) is 0 Å². The third kappa shape index (κ3) is 3.79. The number of nitrogens with zero attached hydrogens (tertiary/aromatic N) is 2. The van der Waals surface area contributed by atoms with E-state index in [1.807, 2.05) is 6.07 Å². The molecule has 0 aromatic heterocycles.